The molecule has 0 saturated heterocycles. The number of aromatic amines is 1. The normalized spacial score (nSPS) is 11.8. The molecule has 0 aliphatic carbocycles. The number of rotatable bonds is 2. The summed E-state index contributed by atoms with van der Waals surface area (Å²) in [5, 5.41) is 4.59. The van der Waals surface area contributed by atoms with Gasteiger partial charge in [0.1, 0.15) is 28.5 Å². The van der Waals surface area contributed by atoms with Gasteiger partial charge in [-0.25, -0.2) is 13.8 Å². The van der Waals surface area contributed by atoms with E-state index in [1.165, 1.54) is 24.4 Å². The molecule has 0 spiro atoms. The lowest BCUT2D eigenvalue weighted by Crippen LogP contribution is -2.20. The van der Waals surface area contributed by atoms with Crippen LogP contribution in [0, 0.1) is 18.6 Å². The van der Waals surface area contributed by atoms with Crippen LogP contribution in [0.1, 0.15) is 11.4 Å². The van der Waals surface area contributed by atoms with Crippen LogP contribution in [0.5, 0.6) is 0 Å². The van der Waals surface area contributed by atoms with E-state index in [0.717, 1.165) is 4.68 Å². The van der Waals surface area contributed by atoms with Crippen LogP contribution in [0.15, 0.2) is 52.4 Å². The van der Waals surface area contributed by atoms with Crippen LogP contribution in [0.25, 0.3) is 21.9 Å². The number of fused-ring (bicyclic) bond motifs is 3. The van der Waals surface area contributed by atoms with Crippen molar-refractivity contribution in [3.05, 3.63) is 75.8 Å². The summed E-state index contributed by atoms with van der Waals surface area (Å²) in [4.78, 5) is 20.0. The van der Waals surface area contributed by atoms with E-state index in [4.69, 9.17) is 0 Å². The number of aromatic nitrogens is 3. The predicted molar refractivity (Wildman–Crippen MR) is 91.9 cm³/mol. The molecule has 5 nitrogen and oxygen atoms in total. The van der Waals surface area contributed by atoms with E-state index in [1.54, 1.807) is 31.2 Å². The molecule has 2 aromatic heterocycles. The molecule has 124 valence electrons. The fourth-order valence-corrected chi connectivity index (χ4v) is 2.72. The summed E-state index contributed by atoms with van der Waals surface area (Å²) in [5.74, 6) is -0.531. The smallest absolute Gasteiger partial charge is 0.298 e. The lowest BCUT2D eigenvalue weighted by molar-refractivity contribution is 0.625. The summed E-state index contributed by atoms with van der Waals surface area (Å²) in [6.07, 6.45) is 1.26. The van der Waals surface area contributed by atoms with Crippen molar-refractivity contribution in [2.75, 3.05) is 0 Å². The monoisotopic (exact) mass is 338 g/mol. The van der Waals surface area contributed by atoms with Crippen molar-refractivity contribution in [1.29, 1.82) is 0 Å². The third-order valence-corrected chi connectivity index (χ3v) is 3.94. The predicted octanol–water partition coefficient (Wildman–Crippen LogP) is 3.35. The minimum Gasteiger partial charge on any atom is -0.349 e. The number of hydrogen-bond acceptors (Lipinski definition) is 3. The van der Waals surface area contributed by atoms with E-state index in [1.807, 2.05) is 0 Å². The average Bonchev–Trinajstić information content (AvgIpc) is 2.94. The Bertz CT molecular complexity index is 1210. The molecule has 1 N–H and O–H groups in total. The van der Waals surface area contributed by atoms with Crippen molar-refractivity contribution in [1.82, 2.24) is 14.6 Å². The Balaban J connectivity index is 1.92. The van der Waals surface area contributed by atoms with E-state index in [-0.39, 0.29) is 11.1 Å². The van der Waals surface area contributed by atoms with Gasteiger partial charge in [-0.05, 0) is 31.2 Å². The van der Waals surface area contributed by atoms with Gasteiger partial charge in [0, 0.05) is 16.5 Å². The lowest BCUT2D eigenvalue weighted by atomic mass is 10.2. The Labute approximate surface area is 140 Å². The van der Waals surface area contributed by atoms with Gasteiger partial charge in [0.05, 0.1) is 6.21 Å². The zero-order valence-electron chi connectivity index (χ0n) is 13.1. The molecule has 2 heterocycles. The van der Waals surface area contributed by atoms with Crippen LogP contribution >= 0.6 is 0 Å². The first-order chi connectivity index (χ1) is 12.0. The largest absolute Gasteiger partial charge is 0.349 e. The van der Waals surface area contributed by atoms with Gasteiger partial charge in [0.25, 0.3) is 5.56 Å². The third-order valence-electron chi connectivity index (χ3n) is 3.94. The number of nitrogens with zero attached hydrogens (tertiary/aromatic N) is 3. The fourth-order valence-electron chi connectivity index (χ4n) is 2.72. The average molecular weight is 338 g/mol. The second-order valence-electron chi connectivity index (χ2n) is 5.58. The third kappa shape index (κ3) is 2.50. The first-order valence-corrected chi connectivity index (χ1v) is 7.54. The highest BCUT2D eigenvalue weighted by molar-refractivity contribution is 6.04. The van der Waals surface area contributed by atoms with Gasteiger partial charge in [-0.3, -0.25) is 4.79 Å². The van der Waals surface area contributed by atoms with Crippen molar-refractivity contribution in [3.63, 3.8) is 0 Å². The highest BCUT2D eigenvalue weighted by Crippen LogP contribution is 2.22. The number of nitrogens with one attached hydrogen (secondary N) is 1. The summed E-state index contributed by atoms with van der Waals surface area (Å²) in [6, 6.07) is 10.3. The maximum atomic E-state index is 13.7. The standard InChI is InChI=1S/C18H12F2N4O/c1-10-22-16-13-8-12(19)6-7-15(13)23-17(16)18(25)24(10)21-9-11-4-2-3-5-14(11)20/h2-9,23H,1H3/b21-9-. The van der Waals surface area contributed by atoms with Gasteiger partial charge in [-0.15, -0.1) is 0 Å². The van der Waals surface area contributed by atoms with E-state index >= 15 is 0 Å². The summed E-state index contributed by atoms with van der Waals surface area (Å²) < 4.78 is 28.3. The summed E-state index contributed by atoms with van der Waals surface area (Å²) >= 11 is 0. The van der Waals surface area contributed by atoms with Crippen LogP contribution in [0.2, 0.25) is 0 Å². The van der Waals surface area contributed by atoms with Gasteiger partial charge in [0.15, 0.2) is 0 Å². The minimum absolute atomic E-state index is 0.219. The van der Waals surface area contributed by atoms with Crippen LogP contribution in [-0.2, 0) is 0 Å². The molecule has 0 amide bonds. The van der Waals surface area contributed by atoms with Crippen LogP contribution in [0.3, 0.4) is 0 Å². The Kier molecular flexibility index (Phi) is 3.42. The molecule has 7 heteroatoms. The summed E-state index contributed by atoms with van der Waals surface area (Å²) in [6.45, 7) is 1.61. The Morgan fingerprint density at radius 2 is 2.00 bits per heavy atom. The molecular formula is C18H12F2N4O. The van der Waals surface area contributed by atoms with E-state index in [0.29, 0.717) is 22.2 Å². The highest BCUT2D eigenvalue weighted by atomic mass is 19.1. The molecule has 0 atom stereocenters. The topological polar surface area (TPSA) is 63.0 Å². The first-order valence-electron chi connectivity index (χ1n) is 7.54. The molecule has 2 aromatic carbocycles. The summed E-state index contributed by atoms with van der Waals surface area (Å²) in [7, 11) is 0. The number of halogens is 2. The first kappa shape index (κ1) is 15.2. The van der Waals surface area contributed by atoms with Gasteiger partial charge < -0.3 is 4.98 Å². The fraction of sp³-hybridized carbons (Fsp3) is 0.0556. The highest BCUT2D eigenvalue weighted by Gasteiger charge is 2.13. The molecular weight excluding hydrogens is 326 g/mol. The maximum Gasteiger partial charge on any atom is 0.298 e. The quantitative estimate of drug-likeness (QED) is 0.570. The zero-order chi connectivity index (χ0) is 17.6. The van der Waals surface area contributed by atoms with Crippen LogP contribution in [-0.4, -0.2) is 20.9 Å². The van der Waals surface area contributed by atoms with Gasteiger partial charge in [0.2, 0.25) is 0 Å². The minimum atomic E-state index is -0.438. The van der Waals surface area contributed by atoms with Crippen molar-refractivity contribution < 1.29 is 8.78 Å². The Morgan fingerprint density at radius 1 is 1.20 bits per heavy atom. The molecule has 0 aliphatic rings. The van der Waals surface area contributed by atoms with Crippen molar-refractivity contribution >= 4 is 28.2 Å². The van der Waals surface area contributed by atoms with Crippen molar-refractivity contribution in [2.45, 2.75) is 6.92 Å². The second kappa shape index (κ2) is 5.62. The SMILES string of the molecule is Cc1nc2c([nH]c3ccc(F)cc32)c(=O)n1/N=C\c1ccccc1F. The molecule has 0 unspecified atom stereocenters. The van der Waals surface area contributed by atoms with Crippen LogP contribution < -0.4 is 5.56 Å². The molecule has 0 bridgehead atoms. The number of aryl methyl sites for hydroxylation is 1. The van der Waals surface area contributed by atoms with Crippen molar-refractivity contribution in [2.24, 2.45) is 5.10 Å². The molecule has 25 heavy (non-hydrogen) atoms. The molecule has 0 radical (unpaired) electrons. The number of benzene rings is 2. The van der Waals surface area contributed by atoms with E-state index in [2.05, 4.69) is 15.1 Å². The second-order valence-corrected chi connectivity index (χ2v) is 5.58. The Hall–Kier alpha value is -3.35. The van der Waals surface area contributed by atoms with Gasteiger partial charge in [-0.2, -0.15) is 9.78 Å². The molecule has 4 aromatic rings. The summed E-state index contributed by atoms with van der Waals surface area (Å²) in [5.41, 5.74) is 1.03. The Morgan fingerprint density at radius 3 is 2.80 bits per heavy atom. The zero-order valence-corrected chi connectivity index (χ0v) is 13.1. The lowest BCUT2D eigenvalue weighted by Gasteiger charge is -2.03. The number of hydrogen-bond donors (Lipinski definition) is 1. The van der Waals surface area contributed by atoms with E-state index < -0.39 is 17.2 Å². The van der Waals surface area contributed by atoms with Crippen LogP contribution in [0.4, 0.5) is 8.78 Å². The molecule has 0 fully saturated rings. The molecule has 4 rings (SSSR count). The van der Waals surface area contributed by atoms with Gasteiger partial charge in [-0.1, -0.05) is 18.2 Å². The van der Waals surface area contributed by atoms with E-state index in [9.17, 15) is 13.6 Å². The maximum absolute atomic E-state index is 13.7. The molecule has 0 aliphatic heterocycles. The van der Waals surface area contributed by atoms with Gasteiger partial charge >= 0.3 is 0 Å². The van der Waals surface area contributed by atoms with Crippen molar-refractivity contribution in [3.8, 4) is 0 Å². The molecule has 0 saturated carbocycles. The number of H-pyrrole nitrogens is 1.